The first-order valence-electron chi connectivity index (χ1n) is 6.11. The van der Waals surface area contributed by atoms with Crippen LogP contribution in [0.1, 0.15) is 16.8 Å². The molecule has 0 aliphatic carbocycles. The molecule has 2 aromatic rings. The molecular formula is C15H17ClN2. The molecule has 2 nitrogen and oxygen atoms in total. The third-order valence-corrected chi connectivity index (χ3v) is 3.14. The van der Waals surface area contributed by atoms with Gasteiger partial charge in [0, 0.05) is 36.4 Å². The molecular weight excluding hydrogens is 244 g/mol. The summed E-state index contributed by atoms with van der Waals surface area (Å²) in [6.07, 6.45) is 2.78. The Morgan fingerprint density at radius 2 is 2.11 bits per heavy atom. The number of aryl methyl sites for hydroxylation is 1. The molecule has 0 aliphatic heterocycles. The van der Waals surface area contributed by atoms with Crippen LogP contribution in [0.5, 0.6) is 0 Å². The lowest BCUT2D eigenvalue weighted by Gasteiger charge is -2.08. The maximum Gasteiger partial charge on any atom is 0.0416 e. The molecule has 18 heavy (non-hydrogen) atoms. The van der Waals surface area contributed by atoms with Crippen molar-refractivity contribution in [3.63, 3.8) is 0 Å². The predicted octanol–water partition coefficient (Wildman–Crippen LogP) is 3.38. The van der Waals surface area contributed by atoms with Crippen LogP contribution in [0.3, 0.4) is 0 Å². The van der Waals surface area contributed by atoms with Gasteiger partial charge in [-0.05, 0) is 42.3 Å². The number of pyridine rings is 1. The standard InChI is InChI=1S/C15H17ClN2/c1-12-10-14(16)6-5-13(12)11-17-9-7-15-4-2-3-8-18-15/h2-6,8,10,17H,7,9,11H2,1H3. The Morgan fingerprint density at radius 1 is 1.22 bits per heavy atom. The number of rotatable bonds is 5. The van der Waals surface area contributed by atoms with E-state index in [9.17, 15) is 0 Å². The van der Waals surface area contributed by atoms with E-state index in [1.54, 1.807) is 0 Å². The van der Waals surface area contributed by atoms with E-state index < -0.39 is 0 Å². The molecule has 0 bridgehead atoms. The van der Waals surface area contributed by atoms with Crippen LogP contribution in [0, 0.1) is 6.92 Å². The number of hydrogen-bond acceptors (Lipinski definition) is 2. The number of aromatic nitrogens is 1. The molecule has 0 saturated heterocycles. The van der Waals surface area contributed by atoms with E-state index in [2.05, 4.69) is 29.4 Å². The van der Waals surface area contributed by atoms with Crippen LogP contribution in [-0.2, 0) is 13.0 Å². The topological polar surface area (TPSA) is 24.9 Å². The Kier molecular flexibility index (Phi) is 4.73. The zero-order chi connectivity index (χ0) is 12.8. The normalized spacial score (nSPS) is 10.6. The van der Waals surface area contributed by atoms with Gasteiger partial charge in [-0.2, -0.15) is 0 Å². The van der Waals surface area contributed by atoms with Crippen molar-refractivity contribution >= 4 is 11.6 Å². The fraction of sp³-hybridized carbons (Fsp3) is 0.267. The third kappa shape index (κ3) is 3.83. The minimum Gasteiger partial charge on any atom is -0.312 e. The summed E-state index contributed by atoms with van der Waals surface area (Å²) in [5, 5.41) is 4.22. The fourth-order valence-corrected chi connectivity index (χ4v) is 2.07. The molecule has 0 amide bonds. The Labute approximate surface area is 113 Å². The molecule has 1 heterocycles. The molecule has 0 aliphatic rings. The molecule has 1 aromatic heterocycles. The smallest absolute Gasteiger partial charge is 0.0416 e. The van der Waals surface area contributed by atoms with E-state index >= 15 is 0 Å². The van der Waals surface area contributed by atoms with Gasteiger partial charge >= 0.3 is 0 Å². The zero-order valence-electron chi connectivity index (χ0n) is 10.5. The van der Waals surface area contributed by atoms with Crippen LogP contribution >= 0.6 is 11.6 Å². The highest BCUT2D eigenvalue weighted by Crippen LogP contribution is 2.14. The van der Waals surface area contributed by atoms with Crippen molar-refractivity contribution in [2.45, 2.75) is 19.9 Å². The summed E-state index contributed by atoms with van der Waals surface area (Å²) in [6, 6.07) is 12.0. The molecule has 0 saturated carbocycles. The van der Waals surface area contributed by atoms with Crippen LogP contribution in [0.25, 0.3) is 0 Å². The van der Waals surface area contributed by atoms with Gasteiger partial charge in [0.25, 0.3) is 0 Å². The second-order valence-corrected chi connectivity index (χ2v) is 4.76. The first kappa shape index (κ1) is 13.1. The number of hydrogen-bond donors (Lipinski definition) is 1. The first-order chi connectivity index (χ1) is 8.75. The summed E-state index contributed by atoms with van der Waals surface area (Å²) in [5.74, 6) is 0. The van der Waals surface area contributed by atoms with E-state index in [0.29, 0.717) is 0 Å². The monoisotopic (exact) mass is 260 g/mol. The Balaban J connectivity index is 1.79. The second-order valence-electron chi connectivity index (χ2n) is 4.32. The van der Waals surface area contributed by atoms with Crippen molar-refractivity contribution in [1.29, 1.82) is 0 Å². The van der Waals surface area contributed by atoms with Crippen molar-refractivity contribution in [3.05, 3.63) is 64.4 Å². The Hall–Kier alpha value is -1.38. The lowest BCUT2D eigenvalue weighted by Crippen LogP contribution is -2.17. The van der Waals surface area contributed by atoms with Gasteiger partial charge in [0.05, 0.1) is 0 Å². The SMILES string of the molecule is Cc1cc(Cl)ccc1CNCCc1ccccn1. The lowest BCUT2D eigenvalue weighted by molar-refractivity contribution is 0.678. The summed E-state index contributed by atoms with van der Waals surface area (Å²) in [6.45, 7) is 3.89. The van der Waals surface area contributed by atoms with Gasteiger partial charge < -0.3 is 5.32 Å². The maximum absolute atomic E-state index is 5.93. The van der Waals surface area contributed by atoms with Gasteiger partial charge in [-0.25, -0.2) is 0 Å². The van der Waals surface area contributed by atoms with Gasteiger partial charge in [0.2, 0.25) is 0 Å². The highest BCUT2D eigenvalue weighted by atomic mass is 35.5. The van der Waals surface area contributed by atoms with E-state index in [1.165, 1.54) is 11.1 Å². The van der Waals surface area contributed by atoms with Crippen molar-refractivity contribution in [1.82, 2.24) is 10.3 Å². The van der Waals surface area contributed by atoms with Crippen LogP contribution in [-0.4, -0.2) is 11.5 Å². The molecule has 94 valence electrons. The molecule has 1 aromatic carbocycles. The first-order valence-corrected chi connectivity index (χ1v) is 6.49. The van der Waals surface area contributed by atoms with Crippen LogP contribution in [0.15, 0.2) is 42.6 Å². The van der Waals surface area contributed by atoms with Crippen molar-refractivity contribution in [2.75, 3.05) is 6.54 Å². The predicted molar refractivity (Wildman–Crippen MR) is 75.8 cm³/mol. The van der Waals surface area contributed by atoms with Crippen LogP contribution in [0.4, 0.5) is 0 Å². The minimum absolute atomic E-state index is 0.796. The van der Waals surface area contributed by atoms with E-state index in [1.807, 2.05) is 30.5 Å². The van der Waals surface area contributed by atoms with Crippen molar-refractivity contribution in [2.24, 2.45) is 0 Å². The van der Waals surface area contributed by atoms with Crippen LogP contribution < -0.4 is 5.32 Å². The average Bonchev–Trinajstić information content (AvgIpc) is 2.38. The summed E-state index contributed by atoms with van der Waals surface area (Å²) in [7, 11) is 0. The molecule has 0 radical (unpaired) electrons. The van der Waals surface area contributed by atoms with Gasteiger partial charge in [-0.1, -0.05) is 23.7 Å². The molecule has 0 spiro atoms. The zero-order valence-corrected chi connectivity index (χ0v) is 11.2. The van der Waals surface area contributed by atoms with E-state index in [0.717, 1.165) is 30.2 Å². The summed E-state index contributed by atoms with van der Waals surface area (Å²) in [4.78, 5) is 4.29. The number of nitrogens with one attached hydrogen (secondary N) is 1. The van der Waals surface area contributed by atoms with E-state index in [4.69, 9.17) is 11.6 Å². The molecule has 0 atom stereocenters. The van der Waals surface area contributed by atoms with Crippen LogP contribution in [0.2, 0.25) is 5.02 Å². The highest BCUT2D eigenvalue weighted by Gasteiger charge is 1.99. The van der Waals surface area contributed by atoms with Gasteiger partial charge in [0.1, 0.15) is 0 Å². The van der Waals surface area contributed by atoms with Gasteiger partial charge in [-0.15, -0.1) is 0 Å². The maximum atomic E-state index is 5.93. The molecule has 0 unspecified atom stereocenters. The Morgan fingerprint density at radius 3 is 2.83 bits per heavy atom. The highest BCUT2D eigenvalue weighted by molar-refractivity contribution is 6.30. The second kappa shape index (κ2) is 6.53. The van der Waals surface area contributed by atoms with Gasteiger partial charge in [0.15, 0.2) is 0 Å². The molecule has 1 N–H and O–H groups in total. The average molecular weight is 261 g/mol. The van der Waals surface area contributed by atoms with Crippen molar-refractivity contribution in [3.8, 4) is 0 Å². The van der Waals surface area contributed by atoms with Gasteiger partial charge in [-0.3, -0.25) is 4.98 Å². The summed E-state index contributed by atoms with van der Waals surface area (Å²) < 4.78 is 0. The third-order valence-electron chi connectivity index (χ3n) is 2.90. The largest absolute Gasteiger partial charge is 0.312 e. The minimum atomic E-state index is 0.796. The Bertz CT molecular complexity index is 497. The number of halogens is 1. The molecule has 2 rings (SSSR count). The van der Waals surface area contributed by atoms with E-state index in [-0.39, 0.29) is 0 Å². The summed E-state index contributed by atoms with van der Waals surface area (Å²) >= 11 is 5.93. The number of nitrogens with zero attached hydrogens (tertiary/aromatic N) is 1. The summed E-state index contributed by atoms with van der Waals surface area (Å²) in [5.41, 5.74) is 3.64. The molecule has 3 heteroatoms. The fourth-order valence-electron chi connectivity index (χ4n) is 1.84. The quantitative estimate of drug-likeness (QED) is 0.834. The van der Waals surface area contributed by atoms with Crippen molar-refractivity contribution < 1.29 is 0 Å². The number of benzene rings is 1. The molecule has 0 fully saturated rings. The lowest BCUT2D eigenvalue weighted by atomic mass is 10.1.